The van der Waals surface area contributed by atoms with Gasteiger partial charge in [-0.25, -0.2) is 9.07 Å². The zero-order chi connectivity index (χ0) is 28.6. The molecule has 4 aliphatic rings. The maximum atomic E-state index is 13.6. The van der Waals surface area contributed by atoms with Crippen LogP contribution in [0, 0.1) is 34.4 Å². The third-order valence-corrected chi connectivity index (χ3v) is 11.3. The summed E-state index contributed by atoms with van der Waals surface area (Å²) in [7, 11) is 0. The first kappa shape index (κ1) is 26.6. The maximum Gasteiger partial charge on any atom is 0.252 e. The number of allylic oxidation sites excluding steroid dienone is 1. The fraction of sp³-hybridized carbons (Fsp3) is 0.471. The van der Waals surface area contributed by atoms with E-state index in [2.05, 4.69) is 23.4 Å². The van der Waals surface area contributed by atoms with Gasteiger partial charge in [0.2, 0.25) is 0 Å². The molecule has 0 radical (unpaired) electrons. The van der Waals surface area contributed by atoms with Gasteiger partial charge in [0.15, 0.2) is 0 Å². The Bertz CT molecular complexity index is 1520. The minimum atomic E-state index is -1.51. The molecular weight excluding hydrogens is 517 g/mol. The SMILES string of the molecule is CC12Cc3cnn(-c4ccc(F)cc4)c3C=C1CCC1C2[C@@H](O)CC2(C)C1CC[C@]2(O)C(=O)NCc1ccccc1. The van der Waals surface area contributed by atoms with E-state index < -0.39 is 17.1 Å². The molecule has 3 N–H and O–H groups in total. The van der Waals surface area contributed by atoms with Gasteiger partial charge >= 0.3 is 0 Å². The van der Waals surface area contributed by atoms with Crippen molar-refractivity contribution < 1.29 is 19.4 Å². The van der Waals surface area contributed by atoms with Crippen molar-refractivity contribution in [3.8, 4) is 5.69 Å². The van der Waals surface area contributed by atoms with Crippen LogP contribution in [0.2, 0.25) is 0 Å². The van der Waals surface area contributed by atoms with Gasteiger partial charge in [-0.1, -0.05) is 49.8 Å². The summed E-state index contributed by atoms with van der Waals surface area (Å²) in [6, 6.07) is 16.1. The fourth-order valence-electron chi connectivity index (χ4n) is 9.27. The lowest BCUT2D eigenvalue weighted by Crippen LogP contribution is -2.63. The Morgan fingerprint density at radius 3 is 2.63 bits per heavy atom. The van der Waals surface area contributed by atoms with E-state index in [0.717, 1.165) is 48.2 Å². The average molecular weight is 556 g/mol. The summed E-state index contributed by atoms with van der Waals surface area (Å²) < 4.78 is 15.4. The quantitative estimate of drug-likeness (QED) is 0.413. The molecule has 1 heterocycles. The van der Waals surface area contributed by atoms with Gasteiger partial charge in [-0.3, -0.25) is 4.79 Å². The number of aliphatic hydroxyl groups excluding tert-OH is 1. The van der Waals surface area contributed by atoms with Crippen LogP contribution in [0.3, 0.4) is 0 Å². The van der Waals surface area contributed by atoms with E-state index >= 15 is 0 Å². The number of aliphatic hydroxyl groups is 2. The lowest BCUT2D eigenvalue weighted by Gasteiger charge is -2.60. The van der Waals surface area contributed by atoms with Crippen molar-refractivity contribution >= 4 is 12.0 Å². The van der Waals surface area contributed by atoms with Crippen molar-refractivity contribution in [3.63, 3.8) is 0 Å². The Hall–Kier alpha value is -3.29. The van der Waals surface area contributed by atoms with Crippen molar-refractivity contribution in [2.45, 2.75) is 70.6 Å². The number of carbonyl (C=O) groups is 1. The molecule has 3 fully saturated rings. The maximum absolute atomic E-state index is 13.6. The number of benzene rings is 2. The Kier molecular flexibility index (Phi) is 6.07. The summed E-state index contributed by atoms with van der Waals surface area (Å²) in [6.45, 7) is 4.69. The number of amides is 1. The van der Waals surface area contributed by atoms with E-state index in [4.69, 9.17) is 0 Å². The van der Waals surface area contributed by atoms with Gasteiger partial charge in [0.1, 0.15) is 11.4 Å². The Balaban J connectivity index is 1.16. The van der Waals surface area contributed by atoms with Gasteiger partial charge in [0.05, 0.1) is 23.7 Å². The first-order chi connectivity index (χ1) is 19.6. The van der Waals surface area contributed by atoms with Crippen LogP contribution < -0.4 is 5.32 Å². The molecule has 1 aromatic heterocycles. The lowest BCUT2D eigenvalue weighted by molar-refractivity contribution is -0.181. The number of halogens is 1. The third-order valence-electron chi connectivity index (χ3n) is 11.3. The zero-order valence-electron chi connectivity index (χ0n) is 23.7. The van der Waals surface area contributed by atoms with Crippen molar-refractivity contribution in [1.29, 1.82) is 0 Å². The van der Waals surface area contributed by atoms with Gasteiger partial charge in [-0.15, -0.1) is 0 Å². The van der Waals surface area contributed by atoms with Crippen LogP contribution in [0.5, 0.6) is 0 Å². The van der Waals surface area contributed by atoms with Gasteiger partial charge < -0.3 is 15.5 Å². The summed E-state index contributed by atoms with van der Waals surface area (Å²) in [6.07, 6.45) is 7.72. The molecule has 0 spiro atoms. The molecule has 5 unspecified atom stereocenters. The number of carbonyl (C=O) groups excluding carboxylic acids is 1. The van der Waals surface area contributed by atoms with Crippen molar-refractivity contribution in [2.75, 3.05) is 0 Å². The molecule has 0 bridgehead atoms. The van der Waals surface area contributed by atoms with E-state index in [1.807, 2.05) is 48.1 Å². The van der Waals surface area contributed by atoms with E-state index in [0.29, 0.717) is 19.4 Å². The highest BCUT2D eigenvalue weighted by atomic mass is 19.1. The second-order valence-corrected chi connectivity index (χ2v) is 13.3. The van der Waals surface area contributed by atoms with Gasteiger partial charge in [-0.2, -0.15) is 5.10 Å². The zero-order valence-corrected chi connectivity index (χ0v) is 23.7. The number of nitrogens with one attached hydrogen (secondary N) is 1. The van der Waals surface area contributed by atoms with Gasteiger partial charge in [0, 0.05) is 12.0 Å². The predicted octanol–water partition coefficient (Wildman–Crippen LogP) is 5.21. The number of hydrogen-bond donors (Lipinski definition) is 3. The molecule has 6 nitrogen and oxygen atoms in total. The smallest absolute Gasteiger partial charge is 0.252 e. The predicted molar refractivity (Wildman–Crippen MR) is 154 cm³/mol. The standard InChI is InChI=1S/C34H38FN3O3/c1-32-17-22-20-37-38(25-11-9-24(35)10-12-25)28(22)16-23(32)8-13-26-27-14-15-34(41,33(27,2)18-29(39)30(26)32)31(40)36-19-21-6-4-3-5-7-21/h3-7,9-12,16,20,26-27,29-30,39,41H,8,13-15,17-19H2,1-2H3,(H,36,40)/t26?,27?,29-,30?,32?,33?,34-/m0/s1. The van der Waals surface area contributed by atoms with Crippen molar-refractivity contribution in [2.24, 2.45) is 28.6 Å². The largest absolute Gasteiger partial charge is 0.393 e. The van der Waals surface area contributed by atoms with Crippen molar-refractivity contribution in [3.05, 3.63) is 89.0 Å². The number of aromatic nitrogens is 2. The first-order valence-corrected chi connectivity index (χ1v) is 14.9. The first-order valence-electron chi connectivity index (χ1n) is 14.9. The molecule has 3 saturated carbocycles. The molecule has 3 aromatic rings. The molecule has 214 valence electrons. The highest BCUT2D eigenvalue weighted by Gasteiger charge is 2.68. The van der Waals surface area contributed by atoms with Crippen LogP contribution in [-0.4, -0.2) is 37.6 Å². The molecule has 0 saturated heterocycles. The Morgan fingerprint density at radius 2 is 1.88 bits per heavy atom. The molecule has 0 aliphatic heterocycles. The summed E-state index contributed by atoms with van der Waals surface area (Å²) >= 11 is 0. The highest BCUT2D eigenvalue weighted by molar-refractivity contribution is 5.86. The molecule has 7 atom stereocenters. The second-order valence-electron chi connectivity index (χ2n) is 13.3. The lowest BCUT2D eigenvalue weighted by atomic mass is 9.45. The Labute approximate surface area is 240 Å². The molecule has 4 aliphatic carbocycles. The Morgan fingerprint density at radius 1 is 1.12 bits per heavy atom. The summed E-state index contributed by atoms with van der Waals surface area (Å²) in [5, 5.41) is 31.5. The van der Waals surface area contributed by atoms with Gasteiger partial charge in [0.25, 0.3) is 5.91 Å². The number of nitrogens with zero attached hydrogens (tertiary/aromatic N) is 2. The topological polar surface area (TPSA) is 87.4 Å². The average Bonchev–Trinajstić information content (AvgIpc) is 3.48. The van der Waals surface area contributed by atoms with Crippen LogP contribution in [0.4, 0.5) is 4.39 Å². The molecule has 7 heteroatoms. The monoisotopic (exact) mass is 555 g/mol. The minimum absolute atomic E-state index is 0.0395. The summed E-state index contributed by atoms with van der Waals surface area (Å²) in [4.78, 5) is 13.6. The van der Waals surface area contributed by atoms with Crippen molar-refractivity contribution in [1.82, 2.24) is 15.1 Å². The highest BCUT2D eigenvalue weighted by Crippen LogP contribution is 2.67. The van der Waals surface area contributed by atoms with E-state index in [9.17, 15) is 19.4 Å². The number of fused-ring (bicyclic) bond motifs is 6. The summed E-state index contributed by atoms with van der Waals surface area (Å²) in [5.41, 5.74) is 2.87. The van der Waals surface area contributed by atoms with Crippen LogP contribution in [0.1, 0.15) is 62.8 Å². The van der Waals surface area contributed by atoms with E-state index in [-0.39, 0.29) is 34.9 Å². The summed E-state index contributed by atoms with van der Waals surface area (Å²) in [5.74, 6) is -0.182. The molecule has 7 rings (SSSR count). The fourth-order valence-corrected chi connectivity index (χ4v) is 9.27. The third kappa shape index (κ3) is 3.88. The van der Waals surface area contributed by atoms with E-state index in [1.54, 1.807) is 12.1 Å². The molecule has 2 aromatic carbocycles. The van der Waals surface area contributed by atoms with Gasteiger partial charge in [-0.05, 0) is 103 Å². The molecular formula is C34H38FN3O3. The van der Waals surface area contributed by atoms with Crippen LogP contribution in [0.25, 0.3) is 11.8 Å². The minimum Gasteiger partial charge on any atom is -0.393 e. The van der Waals surface area contributed by atoms with Crippen LogP contribution in [0.15, 0.2) is 66.4 Å². The number of rotatable bonds is 4. The van der Waals surface area contributed by atoms with Crippen LogP contribution in [-0.2, 0) is 17.8 Å². The van der Waals surface area contributed by atoms with Crippen LogP contribution >= 0.6 is 0 Å². The second kappa shape index (κ2) is 9.36. The van der Waals surface area contributed by atoms with E-state index in [1.165, 1.54) is 17.7 Å². The number of hydrogen-bond acceptors (Lipinski definition) is 4. The molecule has 1 amide bonds. The molecule has 41 heavy (non-hydrogen) atoms. The normalized spacial score (nSPS) is 35.5.